The molecule has 8 heteroatoms. The highest BCUT2D eigenvalue weighted by Crippen LogP contribution is 2.26. The summed E-state index contributed by atoms with van der Waals surface area (Å²) < 4.78 is 10.7. The number of nitrogens with zero attached hydrogens (tertiary/aromatic N) is 1. The van der Waals surface area contributed by atoms with Gasteiger partial charge in [-0.3, -0.25) is 9.59 Å². The van der Waals surface area contributed by atoms with Crippen LogP contribution in [0.3, 0.4) is 0 Å². The maximum atomic E-state index is 12.4. The van der Waals surface area contributed by atoms with E-state index >= 15 is 0 Å². The minimum Gasteiger partial charge on any atom is -0.479 e. The normalized spacial score (nSPS) is 12.2. The molecule has 2 amide bonds. The molecule has 1 atom stereocenters. The molecule has 7 nitrogen and oxygen atoms in total. The average molecular weight is 440 g/mol. The van der Waals surface area contributed by atoms with Crippen molar-refractivity contribution >= 4 is 34.8 Å². The molecule has 3 rings (SSSR count). The minimum absolute atomic E-state index is 0.179. The second-order valence-corrected chi connectivity index (χ2v) is 7.28. The van der Waals surface area contributed by atoms with E-state index in [9.17, 15) is 9.59 Å². The predicted molar refractivity (Wildman–Crippen MR) is 120 cm³/mol. The Bertz CT molecular complexity index is 1090. The number of carbonyl (C=O) groups is 2. The molecule has 0 fully saturated rings. The van der Waals surface area contributed by atoms with Crippen molar-refractivity contribution in [2.75, 3.05) is 5.32 Å². The van der Waals surface area contributed by atoms with Crippen LogP contribution in [-0.2, 0) is 4.79 Å². The van der Waals surface area contributed by atoms with Gasteiger partial charge in [0.2, 0.25) is 0 Å². The molecule has 0 radical (unpaired) electrons. The van der Waals surface area contributed by atoms with Crippen LogP contribution in [0.1, 0.15) is 35.5 Å². The highest BCUT2D eigenvalue weighted by Gasteiger charge is 2.16. The molecule has 2 N–H and O–H groups in total. The van der Waals surface area contributed by atoms with Crippen LogP contribution in [0, 0.1) is 6.92 Å². The number of aryl methyl sites for hydroxylation is 1. The molecule has 1 aromatic heterocycles. The van der Waals surface area contributed by atoms with Gasteiger partial charge in [0, 0.05) is 5.69 Å². The van der Waals surface area contributed by atoms with Crippen molar-refractivity contribution in [3.05, 3.63) is 82.8 Å². The Morgan fingerprint density at radius 1 is 1.13 bits per heavy atom. The van der Waals surface area contributed by atoms with E-state index in [4.69, 9.17) is 20.8 Å². The van der Waals surface area contributed by atoms with Crippen molar-refractivity contribution in [1.29, 1.82) is 0 Å². The molecule has 0 bridgehead atoms. The van der Waals surface area contributed by atoms with Gasteiger partial charge < -0.3 is 14.5 Å². The summed E-state index contributed by atoms with van der Waals surface area (Å²) in [7, 11) is 0. The van der Waals surface area contributed by atoms with Crippen LogP contribution in [0.15, 0.2) is 70.4 Å². The van der Waals surface area contributed by atoms with Crippen LogP contribution in [-0.4, -0.2) is 23.6 Å². The molecule has 0 saturated heterocycles. The van der Waals surface area contributed by atoms with E-state index in [-0.39, 0.29) is 11.7 Å². The lowest BCUT2D eigenvalue weighted by molar-refractivity contribution is -0.122. The van der Waals surface area contributed by atoms with E-state index in [1.165, 1.54) is 6.26 Å². The number of carbonyl (C=O) groups excluding carboxylic acids is 2. The Labute approximate surface area is 185 Å². The zero-order valence-corrected chi connectivity index (χ0v) is 18.1. The van der Waals surface area contributed by atoms with Gasteiger partial charge in [-0.25, -0.2) is 5.43 Å². The number of hydrogen-bond acceptors (Lipinski definition) is 5. The molecule has 0 unspecified atom stereocenters. The SMILES string of the molecule is C/C(=N\NC(=O)c1ccco1)c1ccc(NC(=O)[C@H](C)Oc2ccc(C)cc2Cl)cc1. The highest BCUT2D eigenvalue weighted by molar-refractivity contribution is 6.32. The molecule has 0 spiro atoms. The zero-order valence-electron chi connectivity index (χ0n) is 17.3. The third-order valence-corrected chi connectivity index (χ3v) is 4.70. The van der Waals surface area contributed by atoms with E-state index in [0.29, 0.717) is 22.2 Å². The first kappa shape index (κ1) is 22.1. The number of furan rings is 1. The van der Waals surface area contributed by atoms with E-state index in [1.807, 2.05) is 13.0 Å². The Balaban J connectivity index is 1.57. The van der Waals surface area contributed by atoms with Gasteiger partial charge in [-0.05, 0) is 68.3 Å². The summed E-state index contributed by atoms with van der Waals surface area (Å²) in [5.41, 5.74) is 5.43. The van der Waals surface area contributed by atoms with Crippen molar-refractivity contribution < 1.29 is 18.7 Å². The lowest BCUT2D eigenvalue weighted by atomic mass is 10.1. The second kappa shape index (κ2) is 9.95. The molecule has 1 heterocycles. The van der Waals surface area contributed by atoms with E-state index in [1.54, 1.807) is 62.4 Å². The summed E-state index contributed by atoms with van der Waals surface area (Å²) in [5.74, 6) is -0.108. The second-order valence-electron chi connectivity index (χ2n) is 6.88. The van der Waals surface area contributed by atoms with E-state index in [0.717, 1.165) is 11.1 Å². The van der Waals surface area contributed by atoms with Crippen LogP contribution in [0.4, 0.5) is 5.69 Å². The van der Waals surface area contributed by atoms with Crippen LogP contribution >= 0.6 is 11.6 Å². The third kappa shape index (κ3) is 5.96. The minimum atomic E-state index is -0.736. The van der Waals surface area contributed by atoms with E-state index < -0.39 is 12.0 Å². The number of hydrazone groups is 1. The van der Waals surface area contributed by atoms with Crippen molar-refractivity contribution in [2.45, 2.75) is 26.9 Å². The van der Waals surface area contributed by atoms with Gasteiger partial charge in [-0.15, -0.1) is 0 Å². The van der Waals surface area contributed by atoms with Crippen molar-refractivity contribution in [2.24, 2.45) is 5.10 Å². The number of benzene rings is 2. The number of rotatable bonds is 7. The number of hydrogen-bond donors (Lipinski definition) is 2. The first-order valence-corrected chi connectivity index (χ1v) is 9.93. The summed E-state index contributed by atoms with van der Waals surface area (Å²) in [6.07, 6.45) is 0.680. The molecule has 160 valence electrons. The Morgan fingerprint density at radius 3 is 2.52 bits per heavy atom. The molecule has 3 aromatic rings. The van der Waals surface area contributed by atoms with Gasteiger partial charge >= 0.3 is 5.91 Å². The number of anilines is 1. The summed E-state index contributed by atoms with van der Waals surface area (Å²) in [4.78, 5) is 24.3. The smallest absolute Gasteiger partial charge is 0.307 e. The number of nitrogens with one attached hydrogen (secondary N) is 2. The van der Waals surface area contributed by atoms with Gasteiger partial charge in [0.15, 0.2) is 11.9 Å². The average Bonchev–Trinajstić information content (AvgIpc) is 3.29. The number of amides is 2. The topological polar surface area (TPSA) is 92.9 Å². The quantitative estimate of drug-likeness (QED) is 0.408. The van der Waals surface area contributed by atoms with E-state index in [2.05, 4.69) is 15.8 Å². The molecule has 2 aromatic carbocycles. The molecule has 0 aliphatic rings. The number of halogens is 1. The summed E-state index contributed by atoms with van der Waals surface area (Å²) in [6.45, 7) is 5.34. The largest absolute Gasteiger partial charge is 0.479 e. The van der Waals surface area contributed by atoms with Crippen molar-refractivity contribution in [1.82, 2.24) is 5.43 Å². The zero-order chi connectivity index (χ0) is 22.4. The fourth-order valence-electron chi connectivity index (χ4n) is 2.65. The molecule has 31 heavy (non-hydrogen) atoms. The first-order valence-electron chi connectivity index (χ1n) is 9.55. The van der Waals surface area contributed by atoms with Gasteiger partial charge in [-0.2, -0.15) is 5.10 Å². The van der Waals surface area contributed by atoms with Gasteiger partial charge in [-0.1, -0.05) is 29.8 Å². The van der Waals surface area contributed by atoms with Gasteiger partial charge in [0.1, 0.15) is 5.75 Å². The lowest BCUT2D eigenvalue weighted by Crippen LogP contribution is -2.30. The predicted octanol–water partition coefficient (Wildman–Crippen LogP) is 4.80. The van der Waals surface area contributed by atoms with Gasteiger partial charge in [0.25, 0.3) is 5.91 Å². The fraction of sp³-hybridized carbons (Fsp3) is 0.174. The maximum absolute atomic E-state index is 12.4. The maximum Gasteiger partial charge on any atom is 0.307 e. The summed E-state index contributed by atoms with van der Waals surface area (Å²) >= 11 is 6.16. The lowest BCUT2D eigenvalue weighted by Gasteiger charge is -2.16. The van der Waals surface area contributed by atoms with Crippen molar-refractivity contribution in [3.63, 3.8) is 0 Å². The van der Waals surface area contributed by atoms with Crippen LogP contribution in [0.25, 0.3) is 0 Å². The molecular weight excluding hydrogens is 418 g/mol. The number of ether oxygens (including phenoxy) is 1. The molecule has 0 aliphatic heterocycles. The standard InChI is InChI=1S/C23H22ClN3O4/c1-14-6-11-20(19(24)13-14)31-16(3)22(28)25-18-9-7-17(8-10-18)15(2)26-27-23(29)21-5-4-12-30-21/h4-13,16H,1-3H3,(H,25,28)(H,27,29)/b26-15+/t16-/m0/s1. The molecule has 0 saturated carbocycles. The van der Waals surface area contributed by atoms with Crippen LogP contribution in [0.2, 0.25) is 5.02 Å². The van der Waals surface area contributed by atoms with Crippen molar-refractivity contribution in [3.8, 4) is 5.75 Å². The molecule has 0 aliphatic carbocycles. The van der Waals surface area contributed by atoms with Crippen LogP contribution < -0.4 is 15.5 Å². The van der Waals surface area contributed by atoms with Gasteiger partial charge in [0.05, 0.1) is 17.0 Å². The van der Waals surface area contributed by atoms with Crippen LogP contribution in [0.5, 0.6) is 5.75 Å². The fourth-order valence-corrected chi connectivity index (χ4v) is 2.93. The Kier molecular flexibility index (Phi) is 7.10. The summed E-state index contributed by atoms with van der Waals surface area (Å²) in [6, 6.07) is 15.6. The third-order valence-electron chi connectivity index (χ3n) is 4.40. The Morgan fingerprint density at radius 2 is 1.87 bits per heavy atom. The summed E-state index contributed by atoms with van der Waals surface area (Å²) in [5, 5.41) is 7.32. The monoisotopic (exact) mass is 439 g/mol. The Hall–Kier alpha value is -3.58. The molecular formula is C23H22ClN3O4. The first-order chi connectivity index (χ1) is 14.8. The highest BCUT2D eigenvalue weighted by atomic mass is 35.5.